The van der Waals surface area contributed by atoms with E-state index >= 15 is 0 Å². The molecule has 0 bridgehead atoms. The van der Waals surface area contributed by atoms with Gasteiger partial charge in [0, 0.05) is 19.3 Å². The zero-order chi connectivity index (χ0) is 11.8. The summed E-state index contributed by atoms with van der Waals surface area (Å²) < 4.78 is 1.04. The van der Waals surface area contributed by atoms with Gasteiger partial charge < -0.3 is 10.0 Å². The van der Waals surface area contributed by atoms with Crippen LogP contribution < -0.4 is 4.90 Å². The predicted octanol–water partition coefficient (Wildman–Crippen LogP) is 2.50. The van der Waals surface area contributed by atoms with E-state index in [0.29, 0.717) is 0 Å². The van der Waals surface area contributed by atoms with Crippen LogP contribution in [0.4, 0.5) is 5.82 Å². The molecule has 0 unspecified atom stereocenters. The van der Waals surface area contributed by atoms with Crippen molar-refractivity contribution in [3.63, 3.8) is 0 Å². The van der Waals surface area contributed by atoms with Crippen molar-refractivity contribution < 1.29 is 5.11 Å². The van der Waals surface area contributed by atoms with Gasteiger partial charge in [0.15, 0.2) is 0 Å². The molecule has 0 radical (unpaired) electrons. The van der Waals surface area contributed by atoms with Crippen LogP contribution in [0, 0.1) is 6.92 Å². The number of pyridine rings is 1. The Kier molecular flexibility index (Phi) is 3.22. The lowest BCUT2D eigenvalue weighted by Gasteiger charge is -2.36. The molecule has 0 atom stereocenters. The van der Waals surface area contributed by atoms with Crippen LogP contribution in [0.2, 0.25) is 0 Å². The van der Waals surface area contributed by atoms with Crippen molar-refractivity contribution in [2.24, 2.45) is 0 Å². The van der Waals surface area contributed by atoms with Gasteiger partial charge in [0.1, 0.15) is 5.82 Å². The van der Waals surface area contributed by atoms with Gasteiger partial charge >= 0.3 is 0 Å². The zero-order valence-electron chi connectivity index (χ0n) is 9.70. The van der Waals surface area contributed by atoms with Gasteiger partial charge in [-0.05, 0) is 54.2 Å². The molecule has 1 saturated heterocycles. The molecule has 0 aromatic carbocycles. The molecule has 1 aliphatic rings. The minimum absolute atomic E-state index is 0.506. The molecule has 4 heteroatoms. The van der Waals surface area contributed by atoms with Crippen LogP contribution in [0.1, 0.15) is 25.3 Å². The van der Waals surface area contributed by atoms with Gasteiger partial charge in [-0.2, -0.15) is 0 Å². The summed E-state index contributed by atoms with van der Waals surface area (Å²) in [6, 6.07) is 2.08. The van der Waals surface area contributed by atoms with Gasteiger partial charge in [-0.3, -0.25) is 0 Å². The lowest BCUT2D eigenvalue weighted by atomic mass is 9.94. The Morgan fingerprint density at radius 2 is 2.06 bits per heavy atom. The lowest BCUT2D eigenvalue weighted by Crippen LogP contribution is -2.42. The summed E-state index contributed by atoms with van der Waals surface area (Å²) in [6.07, 6.45) is 3.48. The first-order valence-corrected chi connectivity index (χ1v) is 6.37. The molecule has 1 aromatic rings. The number of anilines is 1. The molecule has 1 aliphatic heterocycles. The predicted molar refractivity (Wildman–Crippen MR) is 68.7 cm³/mol. The molecular formula is C12H17BrN2O. The first-order chi connectivity index (χ1) is 7.48. The highest BCUT2D eigenvalue weighted by atomic mass is 79.9. The second-order valence-corrected chi connectivity index (χ2v) is 5.66. The van der Waals surface area contributed by atoms with Crippen molar-refractivity contribution in [3.8, 4) is 0 Å². The Balaban J connectivity index is 2.14. The fraction of sp³-hybridized carbons (Fsp3) is 0.583. The second-order valence-electron chi connectivity index (χ2n) is 4.80. The van der Waals surface area contributed by atoms with E-state index in [-0.39, 0.29) is 0 Å². The van der Waals surface area contributed by atoms with Gasteiger partial charge in [-0.15, -0.1) is 0 Å². The van der Waals surface area contributed by atoms with Crippen LogP contribution >= 0.6 is 15.9 Å². The molecule has 0 amide bonds. The minimum atomic E-state index is -0.506. The summed E-state index contributed by atoms with van der Waals surface area (Å²) in [5.41, 5.74) is 0.646. The number of halogens is 1. The standard InChI is InChI=1S/C12H17BrN2O/c1-9-7-10(13)11(14-8-9)15-5-3-12(2,16)4-6-15/h7-8,16H,3-6H2,1-2H3. The number of aromatic nitrogens is 1. The van der Waals surface area contributed by atoms with Gasteiger partial charge in [0.25, 0.3) is 0 Å². The summed E-state index contributed by atoms with van der Waals surface area (Å²) in [4.78, 5) is 6.67. The topological polar surface area (TPSA) is 36.4 Å². The molecule has 16 heavy (non-hydrogen) atoms. The quantitative estimate of drug-likeness (QED) is 0.861. The van der Waals surface area contributed by atoms with Crippen LogP contribution in [0.3, 0.4) is 0 Å². The average molecular weight is 285 g/mol. The number of hydrogen-bond donors (Lipinski definition) is 1. The van der Waals surface area contributed by atoms with Crippen molar-refractivity contribution >= 4 is 21.7 Å². The van der Waals surface area contributed by atoms with E-state index in [4.69, 9.17) is 0 Å². The molecule has 0 aliphatic carbocycles. The van der Waals surface area contributed by atoms with Crippen molar-refractivity contribution in [3.05, 3.63) is 22.3 Å². The maximum atomic E-state index is 9.89. The SMILES string of the molecule is Cc1cnc(N2CCC(C)(O)CC2)c(Br)c1. The summed E-state index contributed by atoms with van der Waals surface area (Å²) in [7, 11) is 0. The monoisotopic (exact) mass is 284 g/mol. The summed E-state index contributed by atoms with van der Waals surface area (Å²) in [5, 5.41) is 9.89. The normalized spacial score (nSPS) is 19.9. The third-order valence-electron chi connectivity index (χ3n) is 3.10. The van der Waals surface area contributed by atoms with E-state index in [9.17, 15) is 5.11 Å². The highest BCUT2D eigenvalue weighted by Gasteiger charge is 2.28. The molecule has 2 rings (SSSR count). The van der Waals surface area contributed by atoms with Crippen LogP contribution in [0.5, 0.6) is 0 Å². The molecule has 88 valence electrons. The highest BCUT2D eigenvalue weighted by molar-refractivity contribution is 9.10. The van der Waals surface area contributed by atoms with E-state index in [1.54, 1.807) is 0 Å². The fourth-order valence-electron chi connectivity index (χ4n) is 1.96. The first-order valence-electron chi connectivity index (χ1n) is 5.57. The molecule has 0 saturated carbocycles. The number of hydrogen-bond acceptors (Lipinski definition) is 3. The molecule has 2 heterocycles. The number of piperidine rings is 1. The van der Waals surface area contributed by atoms with Gasteiger partial charge in [-0.25, -0.2) is 4.98 Å². The molecule has 3 nitrogen and oxygen atoms in total. The maximum Gasteiger partial charge on any atom is 0.142 e. The van der Waals surface area contributed by atoms with Gasteiger partial charge in [0.2, 0.25) is 0 Å². The Labute approximate surface area is 105 Å². The zero-order valence-corrected chi connectivity index (χ0v) is 11.3. The van der Waals surface area contributed by atoms with E-state index in [0.717, 1.165) is 41.8 Å². The van der Waals surface area contributed by atoms with E-state index in [1.165, 1.54) is 0 Å². The van der Waals surface area contributed by atoms with Crippen molar-refractivity contribution in [1.29, 1.82) is 0 Å². The van der Waals surface area contributed by atoms with Crippen molar-refractivity contribution in [2.45, 2.75) is 32.3 Å². The molecule has 0 spiro atoms. The van der Waals surface area contributed by atoms with Gasteiger partial charge in [0.05, 0.1) is 10.1 Å². The highest BCUT2D eigenvalue weighted by Crippen LogP contribution is 2.29. The Morgan fingerprint density at radius 3 is 2.62 bits per heavy atom. The maximum absolute atomic E-state index is 9.89. The second kappa shape index (κ2) is 4.34. The minimum Gasteiger partial charge on any atom is -0.390 e. The van der Waals surface area contributed by atoms with Crippen LogP contribution in [-0.2, 0) is 0 Å². The van der Waals surface area contributed by atoms with Gasteiger partial charge in [-0.1, -0.05) is 0 Å². The van der Waals surface area contributed by atoms with Crippen molar-refractivity contribution in [1.82, 2.24) is 4.98 Å². The van der Waals surface area contributed by atoms with Crippen molar-refractivity contribution in [2.75, 3.05) is 18.0 Å². The summed E-state index contributed by atoms with van der Waals surface area (Å²) >= 11 is 3.54. The molecule has 1 N–H and O–H groups in total. The molecule has 1 fully saturated rings. The van der Waals surface area contributed by atoms with Crippen LogP contribution in [0.25, 0.3) is 0 Å². The summed E-state index contributed by atoms with van der Waals surface area (Å²) in [6.45, 7) is 5.66. The lowest BCUT2D eigenvalue weighted by molar-refractivity contribution is 0.0350. The fourth-order valence-corrected chi connectivity index (χ4v) is 2.67. The molecule has 1 aromatic heterocycles. The number of aliphatic hydroxyl groups is 1. The first kappa shape index (κ1) is 11.9. The average Bonchev–Trinajstić information content (AvgIpc) is 2.19. The van der Waals surface area contributed by atoms with E-state index in [2.05, 4.69) is 31.9 Å². The summed E-state index contributed by atoms with van der Waals surface area (Å²) in [5.74, 6) is 0.987. The molecular weight excluding hydrogens is 268 g/mol. The van der Waals surface area contributed by atoms with E-state index in [1.807, 2.05) is 20.0 Å². The number of aryl methyl sites for hydroxylation is 1. The Morgan fingerprint density at radius 1 is 1.44 bits per heavy atom. The third-order valence-corrected chi connectivity index (χ3v) is 3.68. The number of rotatable bonds is 1. The Hall–Kier alpha value is -0.610. The Bertz CT molecular complexity index is 383. The number of nitrogens with zero attached hydrogens (tertiary/aromatic N) is 2. The van der Waals surface area contributed by atoms with Crippen LogP contribution in [-0.4, -0.2) is 28.8 Å². The van der Waals surface area contributed by atoms with Crippen LogP contribution in [0.15, 0.2) is 16.7 Å². The third kappa shape index (κ3) is 2.55. The largest absolute Gasteiger partial charge is 0.390 e. The van der Waals surface area contributed by atoms with E-state index < -0.39 is 5.60 Å². The smallest absolute Gasteiger partial charge is 0.142 e.